The summed E-state index contributed by atoms with van der Waals surface area (Å²) in [5.74, 6) is 0.0804. The molecule has 2 aromatic rings. The van der Waals surface area contributed by atoms with E-state index in [1.807, 2.05) is 6.07 Å². The molecule has 0 bridgehead atoms. The van der Waals surface area contributed by atoms with Gasteiger partial charge in [0.2, 0.25) is 5.91 Å². The van der Waals surface area contributed by atoms with Crippen LogP contribution in [0.25, 0.3) is 11.1 Å². The Morgan fingerprint density at radius 2 is 1.75 bits per heavy atom. The standard InChI is InChI=1S/C20H22N2O2/c1-14(22-8-10-24-11-9-22)15-2-4-16(5-3-15)17-6-7-18-13-20(23)21-19(18)12-17/h2-7,12,14H,8-11,13H2,1H3,(H,21,23)/t14-/m1/s1. The summed E-state index contributed by atoms with van der Waals surface area (Å²) in [6, 6.07) is 15.4. The second-order valence-electron chi connectivity index (χ2n) is 6.54. The van der Waals surface area contributed by atoms with E-state index in [0.29, 0.717) is 12.5 Å². The zero-order chi connectivity index (χ0) is 16.5. The van der Waals surface area contributed by atoms with Gasteiger partial charge >= 0.3 is 0 Å². The lowest BCUT2D eigenvalue weighted by Gasteiger charge is -2.32. The van der Waals surface area contributed by atoms with E-state index >= 15 is 0 Å². The van der Waals surface area contributed by atoms with Crippen LogP contribution in [0.1, 0.15) is 24.1 Å². The number of hydrogen-bond donors (Lipinski definition) is 1. The van der Waals surface area contributed by atoms with E-state index in [2.05, 4.69) is 53.5 Å². The molecule has 2 aliphatic heterocycles. The minimum Gasteiger partial charge on any atom is -0.379 e. The first kappa shape index (κ1) is 15.4. The third-order valence-corrected chi connectivity index (χ3v) is 5.05. The predicted octanol–water partition coefficient (Wildman–Crippen LogP) is 3.24. The SMILES string of the molecule is C[C@H](c1ccc(-c2ccc3c(c2)NC(=O)C3)cc1)N1CCOCC1. The molecule has 24 heavy (non-hydrogen) atoms. The highest BCUT2D eigenvalue weighted by atomic mass is 16.5. The first-order chi connectivity index (χ1) is 11.7. The van der Waals surface area contributed by atoms with Crippen LogP contribution < -0.4 is 5.32 Å². The first-order valence-corrected chi connectivity index (χ1v) is 8.55. The number of morpholine rings is 1. The van der Waals surface area contributed by atoms with Crippen molar-refractivity contribution < 1.29 is 9.53 Å². The smallest absolute Gasteiger partial charge is 0.228 e. The Balaban J connectivity index is 1.53. The van der Waals surface area contributed by atoms with Crippen LogP contribution in [0.5, 0.6) is 0 Å². The van der Waals surface area contributed by atoms with Crippen molar-refractivity contribution in [3.05, 3.63) is 53.6 Å². The van der Waals surface area contributed by atoms with Crippen LogP contribution in [0.2, 0.25) is 0 Å². The molecule has 1 fully saturated rings. The van der Waals surface area contributed by atoms with Crippen LogP contribution in [0, 0.1) is 0 Å². The lowest BCUT2D eigenvalue weighted by Crippen LogP contribution is -2.37. The van der Waals surface area contributed by atoms with E-state index < -0.39 is 0 Å². The van der Waals surface area contributed by atoms with Gasteiger partial charge in [-0.1, -0.05) is 36.4 Å². The largest absolute Gasteiger partial charge is 0.379 e. The monoisotopic (exact) mass is 322 g/mol. The maximum atomic E-state index is 11.5. The summed E-state index contributed by atoms with van der Waals surface area (Å²) >= 11 is 0. The van der Waals surface area contributed by atoms with Crippen molar-refractivity contribution in [2.45, 2.75) is 19.4 Å². The quantitative estimate of drug-likeness (QED) is 0.943. The molecule has 0 radical (unpaired) electrons. The average Bonchev–Trinajstić information content (AvgIpc) is 3.01. The summed E-state index contributed by atoms with van der Waals surface area (Å²) in [7, 11) is 0. The zero-order valence-electron chi connectivity index (χ0n) is 13.9. The topological polar surface area (TPSA) is 41.6 Å². The second-order valence-corrected chi connectivity index (χ2v) is 6.54. The molecule has 0 spiro atoms. The molecule has 0 unspecified atom stereocenters. The zero-order valence-corrected chi connectivity index (χ0v) is 13.9. The minimum atomic E-state index is 0.0804. The van der Waals surface area contributed by atoms with Crippen molar-refractivity contribution in [2.75, 3.05) is 31.6 Å². The summed E-state index contributed by atoms with van der Waals surface area (Å²) in [5.41, 5.74) is 5.68. The van der Waals surface area contributed by atoms with Crippen LogP contribution in [-0.4, -0.2) is 37.1 Å². The number of amides is 1. The Bertz CT molecular complexity index is 749. The Hall–Kier alpha value is -2.17. The van der Waals surface area contributed by atoms with Gasteiger partial charge in [0.1, 0.15) is 0 Å². The van der Waals surface area contributed by atoms with Crippen molar-refractivity contribution in [2.24, 2.45) is 0 Å². The number of hydrogen-bond acceptors (Lipinski definition) is 3. The van der Waals surface area contributed by atoms with Crippen molar-refractivity contribution in [1.82, 2.24) is 4.90 Å². The van der Waals surface area contributed by atoms with Crippen LogP contribution in [0.15, 0.2) is 42.5 Å². The maximum Gasteiger partial charge on any atom is 0.228 e. The molecule has 4 rings (SSSR count). The molecule has 2 aliphatic rings. The Morgan fingerprint density at radius 3 is 2.50 bits per heavy atom. The van der Waals surface area contributed by atoms with Gasteiger partial charge in [-0.25, -0.2) is 0 Å². The molecule has 2 aromatic carbocycles. The van der Waals surface area contributed by atoms with Crippen molar-refractivity contribution >= 4 is 11.6 Å². The summed E-state index contributed by atoms with van der Waals surface area (Å²) < 4.78 is 5.44. The number of anilines is 1. The van der Waals surface area contributed by atoms with E-state index in [0.717, 1.165) is 43.1 Å². The summed E-state index contributed by atoms with van der Waals surface area (Å²) in [6.07, 6.45) is 0.492. The lowest BCUT2D eigenvalue weighted by atomic mass is 9.99. The molecular formula is C20H22N2O2. The summed E-state index contributed by atoms with van der Waals surface area (Å²) in [6.45, 7) is 5.89. The van der Waals surface area contributed by atoms with E-state index in [1.54, 1.807) is 0 Å². The Morgan fingerprint density at radius 1 is 1.04 bits per heavy atom. The molecule has 0 aromatic heterocycles. The molecular weight excluding hydrogens is 300 g/mol. The number of rotatable bonds is 3. The van der Waals surface area contributed by atoms with E-state index in [9.17, 15) is 4.79 Å². The average molecular weight is 322 g/mol. The number of carbonyl (C=O) groups is 1. The van der Waals surface area contributed by atoms with Gasteiger partial charge in [0.25, 0.3) is 0 Å². The fourth-order valence-corrected chi connectivity index (χ4v) is 3.52. The van der Waals surface area contributed by atoms with Crippen molar-refractivity contribution in [3.8, 4) is 11.1 Å². The third kappa shape index (κ3) is 2.95. The van der Waals surface area contributed by atoms with Gasteiger partial charge in [0.05, 0.1) is 19.6 Å². The fraction of sp³-hybridized carbons (Fsp3) is 0.350. The van der Waals surface area contributed by atoms with Crippen LogP contribution in [0.4, 0.5) is 5.69 Å². The minimum absolute atomic E-state index is 0.0804. The molecule has 4 nitrogen and oxygen atoms in total. The number of nitrogens with zero attached hydrogens (tertiary/aromatic N) is 1. The molecule has 124 valence electrons. The van der Waals surface area contributed by atoms with Crippen LogP contribution in [-0.2, 0) is 16.0 Å². The number of benzene rings is 2. The van der Waals surface area contributed by atoms with Gasteiger partial charge in [-0.15, -0.1) is 0 Å². The fourth-order valence-electron chi connectivity index (χ4n) is 3.52. The van der Waals surface area contributed by atoms with Gasteiger partial charge in [0, 0.05) is 24.8 Å². The number of nitrogens with one attached hydrogen (secondary N) is 1. The van der Waals surface area contributed by atoms with E-state index in [-0.39, 0.29) is 5.91 Å². The summed E-state index contributed by atoms with van der Waals surface area (Å²) in [5, 5.41) is 2.92. The number of fused-ring (bicyclic) bond motifs is 1. The number of ether oxygens (including phenoxy) is 1. The van der Waals surface area contributed by atoms with Crippen LogP contribution >= 0.6 is 0 Å². The molecule has 4 heteroatoms. The number of carbonyl (C=O) groups excluding carboxylic acids is 1. The van der Waals surface area contributed by atoms with Gasteiger partial charge < -0.3 is 10.1 Å². The van der Waals surface area contributed by atoms with Gasteiger partial charge in [-0.3, -0.25) is 9.69 Å². The molecule has 1 atom stereocenters. The normalized spacial score (nSPS) is 19.0. The molecule has 2 heterocycles. The highest BCUT2D eigenvalue weighted by molar-refractivity contribution is 5.99. The molecule has 0 aliphatic carbocycles. The van der Waals surface area contributed by atoms with Crippen LogP contribution in [0.3, 0.4) is 0 Å². The Labute approximate surface area is 142 Å². The first-order valence-electron chi connectivity index (χ1n) is 8.55. The van der Waals surface area contributed by atoms with Gasteiger partial charge in [-0.05, 0) is 35.2 Å². The van der Waals surface area contributed by atoms with Crippen molar-refractivity contribution in [1.29, 1.82) is 0 Å². The highest BCUT2D eigenvalue weighted by Crippen LogP contribution is 2.30. The molecule has 1 N–H and O–H groups in total. The molecule has 0 saturated carbocycles. The lowest BCUT2D eigenvalue weighted by molar-refractivity contribution is -0.115. The van der Waals surface area contributed by atoms with Crippen molar-refractivity contribution in [3.63, 3.8) is 0 Å². The highest BCUT2D eigenvalue weighted by Gasteiger charge is 2.19. The third-order valence-electron chi connectivity index (χ3n) is 5.05. The second kappa shape index (κ2) is 6.38. The molecule has 1 amide bonds. The van der Waals surface area contributed by atoms with E-state index in [1.165, 1.54) is 11.1 Å². The Kier molecular flexibility index (Phi) is 4.08. The maximum absolute atomic E-state index is 11.5. The van der Waals surface area contributed by atoms with Gasteiger partial charge in [-0.2, -0.15) is 0 Å². The summed E-state index contributed by atoms with van der Waals surface area (Å²) in [4.78, 5) is 14.0. The predicted molar refractivity (Wildman–Crippen MR) is 95.0 cm³/mol. The molecule has 1 saturated heterocycles. The van der Waals surface area contributed by atoms with Gasteiger partial charge in [0.15, 0.2) is 0 Å². The van der Waals surface area contributed by atoms with E-state index in [4.69, 9.17) is 4.74 Å².